The Labute approximate surface area is 208 Å². The van der Waals surface area contributed by atoms with Crippen LogP contribution < -0.4 is 4.90 Å². The Morgan fingerprint density at radius 2 is 1.58 bits per heavy atom. The van der Waals surface area contributed by atoms with Gasteiger partial charge < -0.3 is 28.5 Å². The van der Waals surface area contributed by atoms with Crippen LogP contribution in [0.4, 0.5) is 15.4 Å². The maximum absolute atomic E-state index is 13.1. The molecule has 4 atom stereocenters. The van der Waals surface area contributed by atoms with Crippen molar-refractivity contribution in [2.24, 2.45) is 0 Å². The number of hydrogen-bond acceptors (Lipinski definition) is 11. The van der Waals surface area contributed by atoms with E-state index in [0.717, 1.165) is 0 Å². The highest BCUT2D eigenvalue weighted by Crippen LogP contribution is 2.43. The largest absolute Gasteiger partial charge is 0.443 e. The van der Waals surface area contributed by atoms with Crippen molar-refractivity contribution in [2.45, 2.75) is 96.9 Å². The molecule has 13 heteroatoms. The van der Waals surface area contributed by atoms with Crippen molar-refractivity contribution in [2.75, 3.05) is 4.90 Å². The summed E-state index contributed by atoms with van der Waals surface area (Å²) in [6, 6.07) is 0. The number of nitrogens with zero attached hydrogens (tertiary/aromatic N) is 5. The second kappa shape index (κ2) is 8.75. The standard InChI is InChI=1S/C23H31N5O8/c1-21(2,3)35-19(30)28(20(31)36-22(4,5)6)17-13-16(24-10-25-17)27(11-26-13)18-15-14(12(9-29)32-18)33-23(7,8)34-15/h9-12,14-15,18H,1-8H3/t12?,14-,15-,18?/m1/s1. The van der Waals surface area contributed by atoms with E-state index in [-0.39, 0.29) is 17.0 Å². The van der Waals surface area contributed by atoms with Crippen LogP contribution in [0.3, 0.4) is 0 Å². The number of fused-ring (bicyclic) bond motifs is 2. The maximum atomic E-state index is 13.1. The van der Waals surface area contributed by atoms with Crippen LogP contribution in [0.15, 0.2) is 12.7 Å². The first-order valence-corrected chi connectivity index (χ1v) is 11.5. The molecule has 0 radical (unpaired) electrons. The molecular weight excluding hydrogens is 474 g/mol. The second-order valence-electron chi connectivity index (χ2n) is 11.0. The molecule has 2 aliphatic heterocycles. The molecule has 4 heterocycles. The summed E-state index contributed by atoms with van der Waals surface area (Å²) in [4.78, 5) is 51.3. The molecule has 2 unspecified atom stereocenters. The monoisotopic (exact) mass is 505 g/mol. The average molecular weight is 506 g/mol. The van der Waals surface area contributed by atoms with Crippen molar-refractivity contribution >= 4 is 35.5 Å². The fourth-order valence-corrected chi connectivity index (χ4v) is 3.99. The molecule has 2 amide bonds. The zero-order chi connectivity index (χ0) is 26.6. The Bertz CT molecular complexity index is 1150. The molecule has 0 spiro atoms. The van der Waals surface area contributed by atoms with E-state index in [9.17, 15) is 14.4 Å². The summed E-state index contributed by atoms with van der Waals surface area (Å²) < 4.78 is 30.2. The zero-order valence-electron chi connectivity index (χ0n) is 21.5. The van der Waals surface area contributed by atoms with Gasteiger partial charge in [0, 0.05) is 0 Å². The zero-order valence-corrected chi connectivity index (χ0v) is 21.5. The average Bonchev–Trinajstić information content (AvgIpc) is 3.36. The van der Waals surface area contributed by atoms with Crippen molar-refractivity contribution < 1.29 is 38.1 Å². The third-order valence-corrected chi connectivity index (χ3v) is 5.18. The van der Waals surface area contributed by atoms with Gasteiger partial charge in [-0.15, -0.1) is 0 Å². The summed E-state index contributed by atoms with van der Waals surface area (Å²) in [5, 5.41) is 0. The highest BCUT2D eigenvalue weighted by molar-refractivity contribution is 6.12. The van der Waals surface area contributed by atoms with Gasteiger partial charge in [-0.05, 0) is 55.4 Å². The van der Waals surface area contributed by atoms with Crippen LogP contribution in [0.5, 0.6) is 0 Å². The van der Waals surface area contributed by atoms with Crippen molar-refractivity contribution in [3.63, 3.8) is 0 Å². The lowest BCUT2D eigenvalue weighted by Gasteiger charge is -2.28. The number of imide groups is 1. The summed E-state index contributed by atoms with van der Waals surface area (Å²) in [7, 11) is 0. The smallest absolute Gasteiger partial charge is 0.425 e. The van der Waals surface area contributed by atoms with Gasteiger partial charge in [-0.2, -0.15) is 4.90 Å². The number of imidazole rings is 1. The number of rotatable bonds is 3. The van der Waals surface area contributed by atoms with Gasteiger partial charge in [0.25, 0.3) is 0 Å². The lowest BCUT2D eigenvalue weighted by molar-refractivity contribution is -0.194. The summed E-state index contributed by atoms with van der Waals surface area (Å²) in [5.74, 6) is -1.05. The van der Waals surface area contributed by atoms with Gasteiger partial charge >= 0.3 is 12.2 Å². The quantitative estimate of drug-likeness (QED) is 0.567. The third-order valence-electron chi connectivity index (χ3n) is 5.18. The van der Waals surface area contributed by atoms with E-state index in [0.29, 0.717) is 11.2 Å². The van der Waals surface area contributed by atoms with Crippen LogP contribution in [0.1, 0.15) is 61.6 Å². The highest BCUT2D eigenvalue weighted by Gasteiger charge is 2.56. The van der Waals surface area contributed by atoms with E-state index in [1.54, 1.807) is 60.0 Å². The third kappa shape index (κ3) is 5.04. The first-order chi connectivity index (χ1) is 16.6. The minimum absolute atomic E-state index is 0.113. The van der Waals surface area contributed by atoms with Crippen molar-refractivity contribution in [1.29, 1.82) is 0 Å². The second-order valence-corrected chi connectivity index (χ2v) is 11.0. The number of carbonyl (C=O) groups excluding carboxylic acids is 3. The Hall–Kier alpha value is -3.16. The SMILES string of the molecule is CC(C)(C)OC(=O)N(C(=O)OC(C)(C)C)c1ncnc2c1ncn2C1OC(C=O)[C@H]2OC(C)(C)O[C@@H]12. The Kier molecular flexibility index (Phi) is 6.30. The van der Waals surface area contributed by atoms with Crippen LogP contribution in [0, 0.1) is 0 Å². The lowest BCUT2D eigenvalue weighted by atomic mass is 10.1. The molecule has 0 bridgehead atoms. The van der Waals surface area contributed by atoms with E-state index in [1.165, 1.54) is 12.7 Å². The molecule has 0 aliphatic carbocycles. The van der Waals surface area contributed by atoms with Gasteiger partial charge in [-0.1, -0.05) is 0 Å². The molecule has 2 saturated heterocycles. The predicted molar refractivity (Wildman–Crippen MR) is 124 cm³/mol. The van der Waals surface area contributed by atoms with Gasteiger partial charge in [0.15, 0.2) is 35.3 Å². The normalized spacial score (nSPS) is 25.4. The molecule has 36 heavy (non-hydrogen) atoms. The number of aldehydes is 1. The summed E-state index contributed by atoms with van der Waals surface area (Å²) >= 11 is 0. The number of aromatic nitrogens is 4. The first-order valence-electron chi connectivity index (χ1n) is 11.5. The molecule has 0 saturated carbocycles. The molecule has 2 fully saturated rings. The van der Waals surface area contributed by atoms with Gasteiger partial charge in [-0.3, -0.25) is 4.57 Å². The molecule has 2 aromatic rings. The Balaban J connectivity index is 1.77. The molecule has 0 aromatic carbocycles. The fourth-order valence-electron chi connectivity index (χ4n) is 3.99. The fraction of sp³-hybridized carbons (Fsp3) is 0.652. The van der Waals surface area contributed by atoms with Gasteiger partial charge in [-0.25, -0.2) is 24.5 Å². The van der Waals surface area contributed by atoms with Gasteiger partial charge in [0.1, 0.15) is 35.8 Å². The molecular formula is C23H31N5O8. The van der Waals surface area contributed by atoms with Gasteiger partial charge in [0.2, 0.25) is 0 Å². The predicted octanol–water partition coefficient (Wildman–Crippen LogP) is 3.12. The molecule has 2 aliphatic rings. The van der Waals surface area contributed by atoms with Crippen molar-refractivity contribution in [3.8, 4) is 0 Å². The minimum atomic E-state index is -0.987. The van der Waals surface area contributed by atoms with E-state index in [1.807, 2.05) is 0 Å². The molecule has 2 aromatic heterocycles. The number of ether oxygens (including phenoxy) is 5. The number of hydrogen-bond donors (Lipinski definition) is 0. The number of carbonyl (C=O) groups is 3. The van der Waals surface area contributed by atoms with Crippen molar-refractivity contribution in [3.05, 3.63) is 12.7 Å². The van der Waals surface area contributed by atoms with Crippen LogP contribution in [-0.2, 0) is 28.5 Å². The highest BCUT2D eigenvalue weighted by atomic mass is 16.8. The minimum Gasteiger partial charge on any atom is -0.443 e. The van der Waals surface area contributed by atoms with Crippen LogP contribution >= 0.6 is 0 Å². The molecule has 196 valence electrons. The topological polar surface area (TPSA) is 144 Å². The molecule has 4 rings (SSSR count). The maximum Gasteiger partial charge on any atom is 0.425 e. The van der Waals surface area contributed by atoms with E-state index in [2.05, 4.69) is 15.0 Å². The summed E-state index contributed by atoms with van der Waals surface area (Å²) in [6.45, 7) is 13.5. The van der Waals surface area contributed by atoms with Crippen LogP contribution in [0.2, 0.25) is 0 Å². The van der Waals surface area contributed by atoms with Gasteiger partial charge in [0.05, 0.1) is 6.33 Å². The first kappa shape index (κ1) is 25.9. The summed E-state index contributed by atoms with van der Waals surface area (Å²) in [5.41, 5.74) is -1.44. The van der Waals surface area contributed by atoms with E-state index in [4.69, 9.17) is 23.7 Å². The number of anilines is 1. The van der Waals surface area contributed by atoms with Crippen LogP contribution in [0.25, 0.3) is 11.2 Å². The Morgan fingerprint density at radius 1 is 1.00 bits per heavy atom. The Morgan fingerprint density at radius 3 is 2.14 bits per heavy atom. The molecule has 0 N–H and O–H groups in total. The van der Waals surface area contributed by atoms with Crippen LogP contribution in [-0.4, -0.2) is 73.3 Å². The molecule has 13 nitrogen and oxygen atoms in total. The van der Waals surface area contributed by atoms with E-state index < -0.39 is 53.7 Å². The summed E-state index contributed by atoms with van der Waals surface area (Å²) in [6.07, 6.45) is -1.64. The number of amides is 2. The lowest BCUT2D eigenvalue weighted by Crippen LogP contribution is -2.44. The van der Waals surface area contributed by atoms with E-state index >= 15 is 0 Å². The van der Waals surface area contributed by atoms with Crippen molar-refractivity contribution in [1.82, 2.24) is 19.5 Å².